The van der Waals surface area contributed by atoms with Gasteiger partial charge >= 0.3 is 0 Å². The normalized spacial score (nSPS) is 22.0. The minimum atomic E-state index is 0.162. The molecule has 4 nitrogen and oxygen atoms in total. The first-order valence-corrected chi connectivity index (χ1v) is 11.0. The van der Waals surface area contributed by atoms with Gasteiger partial charge in [-0.1, -0.05) is 19.3 Å². The highest BCUT2D eigenvalue weighted by Crippen LogP contribution is 2.28. The van der Waals surface area contributed by atoms with Gasteiger partial charge in [0.15, 0.2) is 0 Å². The lowest BCUT2D eigenvalue weighted by Gasteiger charge is -2.32. The summed E-state index contributed by atoms with van der Waals surface area (Å²) in [4.78, 5) is 14.8. The fourth-order valence-electron chi connectivity index (χ4n) is 4.39. The molecule has 148 valence electrons. The van der Waals surface area contributed by atoms with Crippen LogP contribution in [0.25, 0.3) is 0 Å². The number of amides is 1. The molecular formula is C23H34N2O2. The van der Waals surface area contributed by atoms with E-state index in [1.54, 1.807) is 0 Å². The average Bonchev–Trinajstić information content (AvgIpc) is 3.56. The summed E-state index contributed by atoms with van der Waals surface area (Å²) in [6.07, 6.45) is 11.6. The lowest BCUT2D eigenvalue weighted by Crippen LogP contribution is -2.45. The fraction of sp³-hybridized carbons (Fsp3) is 0.696. The Kier molecular flexibility index (Phi) is 6.33. The van der Waals surface area contributed by atoms with E-state index in [0.29, 0.717) is 12.0 Å². The predicted molar refractivity (Wildman–Crippen MR) is 108 cm³/mol. The van der Waals surface area contributed by atoms with Gasteiger partial charge in [0, 0.05) is 24.7 Å². The van der Waals surface area contributed by atoms with Crippen LogP contribution in [0.2, 0.25) is 0 Å². The average molecular weight is 371 g/mol. The van der Waals surface area contributed by atoms with Gasteiger partial charge in [0.2, 0.25) is 0 Å². The molecule has 1 aromatic rings. The number of likely N-dealkylation sites (tertiary alicyclic amines) is 1. The molecule has 0 bridgehead atoms. The molecule has 1 saturated heterocycles. The van der Waals surface area contributed by atoms with E-state index in [1.807, 2.05) is 29.2 Å². The van der Waals surface area contributed by atoms with E-state index in [1.165, 1.54) is 51.5 Å². The van der Waals surface area contributed by atoms with Crippen LogP contribution in [0.1, 0.15) is 68.1 Å². The van der Waals surface area contributed by atoms with Crippen LogP contribution in [0.15, 0.2) is 24.3 Å². The van der Waals surface area contributed by atoms with E-state index in [0.717, 1.165) is 49.8 Å². The van der Waals surface area contributed by atoms with E-state index in [9.17, 15) is 4.79 Å². The molecule has 2 aliphatic carbocycles. The maximum absolute atomic E-state index is 12.8. The van der Waals surface area contributed by atoms with E-state index < -0.39 is 0 Å². The number of ether oxygens (including phenoxy) is 1. The lowest BCUT2D eigenvalue weighted by atomic mass is 9.90. The van der Waals surface area contributed by atoms with Gasteiger partial charge in [-0.2, -0.15) is 0 Å². The molecule has 4 rings (SSSR count). The Morgan fingerprint density at radius 2 is 1.63 bits per heavy atom. The molecule has 1 N–H and O–H groups in total. The van der Waals surface area contributed by atoms with Gasteiger partial charge in [0.1, 0.15) is 5.75 Å². The van der Waals surface area contributed by atoms with Gasteiger partial charge in [0.25, 0.3) is 5.91 Å². The number of nitrogens with zero attached hydrogens (tertiary/aromatic N) is 1. The summed E-state index contributed by atoms with van der Waals surface area (Å²) >= 11 is 0. The predicted octanol–water partition coefficient (Wildman–Crippen LogP) is 4.25. The molecule has 0 aromatic heterocycles. The Labute approximate surface area is 163 Å². The molecule has 0 spiro atoms. The number of nitrogens with one attached hydrogen (secondary N) is 1. The van der Waals surface area contributed by atoms with Crippen LogP contribution in [-0.4, -0.2) is 43.1 Å². The minimum Gasteiger partial charge on any atom is -0.493 e. The molecule has 4 heteroatoms. The third-order valence-electron chi connectivity index (χ3n) is 6.49. The molecule has 1 aromatic carbocycles. The summed E-state index contributed by atoms with van der Waals surface area (Å²) in [6, 6.07) is 8.36. The van der Waals surface area contributed by atoms with Crippen molar-refractivity contribution in [2.45, 2.75) is 63.8 Å². The van der Waals surface area contributed by atoms with E-state index >= 15 is 0 Å². The van der Waals surface area contributed by atoms with E-state index in [-0.39, 0.29) is 5.91 Å². The number of hydrogen-bond acceptors (Lipinski definition) is 3. The van der Waals surface area contributed by atoms with Gasteiger partial charge in [-0.05, 0) is 81.2 Å². The Morgan fingerprint density at radius 1 is 0.926 bits per heavy atom. The number of rotatable bonds is 7. The Bertz CT molecular complexity index is 597. The second kappa shape index (κ2) is 9.09. The number of hydrogen-bond donors (Lipinski definition) is 1. The van der Waals surface area contributed by atoms with Crippen molar-refractivity contribution in [1.29, 1.82) is 0 Å². The van der Waals surface area contributed by atoms with Crippen LogP contribution < -0.4 is 10.1 Å². The standard InChI is InChI=1S/C23H34N2O2/c26-23(25-14-12-21(13-15-25)24-16-18-6-7-18)20-8-10-22(11-9-20)27-17-19-4-2-1-3-5-19/h8-11,18-19,21,24H,1-7,12-17H2. The maximum atomic E-state index is 12.8. The molecule has 27 heavy (non-hydrogen) atoms. The van der Waals surface area contributed by atoms with E-state index in [2.05, 4.69) is 5.32 Å². The highest BCUT2D eigenvalue weighted by Gasteiger charge is 2.26. The second-order valence-corrected chi connectivity index (χ2v) is 8.76. The maximum Gasteiger partial charge on any atom is 0.253 e. The SMILES string of the molecule is O=C(c1ccc(OCC2CCCCC2)cc1)N1CCC(NCC2CC2)CC1. The quantitative estimate of drug-likeness (QED) is 0.780. The highest BCUT2D eigenvalue weighted by molar-refractivity contribution is 5.94. The Balaban J connectivity index is 1.21. The monoisotopic (exact) mass is 370 g/mol. The Hall–Kier alpha value is -1.55. The first kappa shape index (κ1) is 18.8. The van der Waals surface area contributed by atoms with E-state index in [4.69, 9.17) is 4.74 Å². The van der Waals surface area contributed by atoms with Crippen molar-refractivity contribution in [3.05, 3.63) is 29.8 Å². The summed E-state index contributed by atoms with van der Waals surface area (Å²) in [5.41, 5.74) is 0.782. The molecule has 1 aliphatic heterocycles. The zero-order valence-electron chi connectivity index (χ0n) is 16.5. The molecular weight excluding hydrogens is 336 g/mol. The van der Waals surface area contributed by atoms with Crippen LogP contribution in [-0.2, 0) is 0 Å². The summed E-state index contributed by atoms with van der Waals surface area (Å²) < 4.78 is 5.96. The molecule has 3 fully saturated rings. The van der Waals surface area contributed by atoms with Crippen LogP contribution in [0.3, 0.4) is 0 Å². The number of carbonyl (C=O) groups excluding carboxylic acids is 1. The van der Waals surface area contributed by atoms with Gasteiger partial charge in [-0.3, -0.25) is 4.79 Å². The summed E-state index contributed by atoms with van der Waals surface area (Å²) in [6.45, 7) is 3.71. The molecule has 2 saturated carbocycles. The second-order valence-electron chi connectivity index (χ2n) is 8.76. The van der Waals surface area contributed by atoms with Crippen LogP contribution in [0, 0.1) is 11.8 Å². The third-order valence-corrected chi connectivity index (χ3v) is 6.49. The van der Waals surface area contributed by atoms with Crippen LogP contribution >= 0.6 is 0 Å². The lowest BCUT2D eigenvalue weighted by molar-refractivity contribution is 0.0705. The number of piperidine rings is 1. The van der Waals surface area contributed by atoms with Gasteiger partial charge < -0.3 is 15.0 Å². The summed E-state index contributed by atoms with van der Waals surface area (Å²) in [5, 5.41) is 3.68. The molecule has 0 atom stereocenters. The van der Waals surface area contributed by atoms with Crippen molar-refractivity contribution in [3.8, 4) is 5.75 Å². The summed E-state index contributed by atoms with van der Waals surface area (Å²) in [7, 11) is 0. The zero-order chi connectivity index (χ0) is 18.5. The first-order chi connectivity index (χ1) is 13.3. The van der Waals surface area contributed by atoms with Crippen molar-refractivity contribution < 1.29 is 9.53 Å². The van der Waals surface area contributed by atoms with Gasteiger partial charge in [-0.25, -0.2) is 0 Å². The molecule has 1 amide bonds. The molecule has 1 heterocycles. The molecule has 3 aliphatic rings. The van der Waals surface area contributed by atoms with Crippen molar-refractivity contribution >= 4 is 5.91 Å². The Morgan fingerprint density at radius 3 is 2.30 bits per heavy atom. The van der Waals surface area contributed by atoms with Crippen molar-refractivity contribution in [1.82, 2.24) is 10.2 Å². The smallest absolute Gasteiger partial charge is 0.253 e. The fourth-order valence-corrected chi connectivity index (χ4v) is 4.39. The third kappa shape index (κ3) is 5.47. The topological polar surface area (TPSA) is 41.6 Å². The largest absolute Gasteiger partial charge is 0.493 e. The summed E-state index contributed by atoms with van der Waals surface area (Å²) in [5.74, 6) is 2.67. The van der Waals surface area contributed by atoms with Crippen LogP contribution in [0.5, 0.6) is 5.75 Å². The first-order valence-electron chi connectivity index (χ1n) is 11.0. The zero-order valence-corrected chi connectivity index (χ0v) is 16.5. The van der Waals surface area contributed by atoms with Crippen molar-refractivity contribution in [3.63, 3.8) is 0 Å². The minimum absolute atomic E-state index is 0.162. The molecule has 0 unspecified atom stereocenters. The van der Waals surface area contributed by atoms with Crippen molar-refractivity contribution in [2.24, 2.45) is 11.8 Å². The van der Waals surface area contributed by atoms with Crippen molar-refractivity contribution in [2.75, 3.05) is 26.2 Å². The van der Waals surface area contributed by atoms with Crippen LogP contribution in [0.4, 0.5) is 0 Å². The highest BCUT2D eigenvalue weighted by atomic mass is 16.5. The van der Waals surface area contributed by atoms with Gasteiger partial charge in [-0.15, -0.1) is 0 Å². The molecule has 0 radical (unpaired) electrons. The number of benzene rings is 1. The number of carbonyl (C=O) groups is 1. The van der Waals surface area contributed by atoms with Gasteiger partial charge in [0.05, 0.1) is 6.61 Å².